The summed E-state index contributed by atoms with van der Waals surface area (Å²) in [4.78, 5) is 0. The SMILES string of the molecule is CCc1nnc(C(C)C)c2ccccc12. The third-order valence-electron chi connectivity index (χ3n) is 2.67. The minimum atomic E-state index is 0.424. The van der Waals surface area contributed by atoms with Crippen LogP contribution in [-0.2, 0) is 6.42 Å². The minimum Gasteiger partial charge on any atom is -0.155 e. The van der Waals surface area contributed by atoms with Crippen molar-refractivity contribution < 1.29 is 0 Å². The molecule has 0 fully saturated rings. The molecule has 0 saturated carbocycles. The number of benzene rings is 1. The molecule has 2 nitrogen and oxygen atoms in total. The van der Waals surface area contributed by atoms with Gasteiger partial charge in [0.2, 0.25) is 0 Å². The maximum Gasteiger partial charge on any atom is 0.0734 e. The summed E-state index contributed by atoms with van der Waals surface area (Å²) in [5.41, 5.74) is 2.19. The summed E-state index contributed by atoms with van der Waals surface area (Å²) in [5.74, 6) is 0.424. The lowest BCUT2D eigenvalue weighted by molar-refractivity contribution is 0.785. The number of rotatable bonds is 2. The Balaban J connectivity index is 2.77. The highest BCUT2D eigenvalue weighted by molar-refractivity contribution is 5.86. The molecule has 2 heteroatoms. The highest BCUT2D eigenvalue weighted by Crippen LogP contribution is 2.24. The first-order chi connectivity index (χ1) is 7.24. The van der Waals surface area contributed by atoms with Gasteiger partial charge in [-0.1, -0.05) is 45.0 Å². The van der Waals surface area contributed by atoms with Crippen LogP contribution in [0.25, 0.3) is 10.8 Å². The molecule has 0 spiro atoms. The number of hydrogen-bond acceptors (Lipinski definition) is 2. The van der Waals surface area contributed by atoms with Crippen LogP contribution in [0.1, 0.15) is 38.1 Å². The van der Waals surface area contributed by atoms with Crippen LogP contribution in [-0.4, -0.2) is 10.2 Å². The first kappa shape index (κ1) is 10.1. The predicted octanol–water partition coefficient (Wildman–Crippen LogP) is 3.32. The summed E-state index contributed by atoms with van der Waals surface area (Å²) in [6.45, 7) is 6.43. The topological polar surface area (TPSA) is 25.8 Å². The molecule has 0 amide bonds. The lowest BCUT2D eigenvalue weighted by Crippen LogP contribution is -2.01. The lowest BCUT2D eigenvalue weighted by atomic mass is 10.0. The summed E-state index contributed by atoms with van der Waals surface area (Å²) < 4.78 is 0. The molecule has 0 unspecified atom stereocenters. The molecule has 0 N–H and O–H groups in total. The maximum atomic E-state index is 4.33. The molecule has 0 atom stereocenters. The summed E-state index contributed by atoms with van der Waals surface area (Å²) in [7, 11) is 0. The van der Waals surface area contributed by atoms with Crippen molar-refractivity contribution in [2.45, 2.75) is 33.1 Å². The van der Waals surface area contributed by atoms with Crippen LogP contribution in [0.5, 0.6) is 0 Å². The Morgan fingerprint density at radius 3 is 2.33 bits per heavy atom. The monoisotopic (exact) mass is 200 g/mol. The molecule has 1 aromatic heterocycles. The summed E-state index contributed by atoms with van der Waals surface area (Å²) in [6.07, 6.45) is 0.936. The van der Waals surface area contributed by atoms with Crippen molar-refractivity contribution >= 4 is 10.8 Å². The van der Waals surface area contributed by atoms with Gasteiger partial charge in [-0.05, 0) is 12.3 Å². The Morgan fingerprint density at radius 1 is 1.07 bits per heavy atom. The zero-order valence-electron chi connectivity index (χ0n) is 9.49. The van der Waals surface area contributed by atoms with Gasteiger partial charge in [0.25, 0.3) is 0 Å². The Bertz CT molecular complexity index is 475. The summed E-state index contributed by atoms with van der Waals surface area (Å²) in [5, 5.41) is 11.1. The van der Waals surface area contributed by atoms with Crippen LogP contribution in [0.4, 0.5) is 0 Å². The van der Waals surface area contributed by atoms with Crippen molar-refractivity contribution in [3.63, 3.8) is 0 Å². The smallest absolute Gasteiger partial charge is 0.0734 e. The standard InChI is InChI=1S/C13H16N2/c1-4-12-10-7-5-6-8-11(10)13(9(2)3)15-14-12/h5-9H,4H2,1-3H3. The van der Waals surface area contributed by atoms with Gasteiger partial charge in [0.05, 0.1) is 11.4 Å². The minimum absolute atomic E-state index is 0.424. The zero-order valence-corrected chi connectivity index (χ0v) is 9.49. The van der Waals surface area contributed by atoms with E-state index in [1.165, 1.54) is 10.8 Å². The van der Waals surface area contributed by atoms with Crippen LogP contribution in [0.2, 0.25) is 0 Å². The van der Waals surface area contributed by atoms with E-state index in [9.17, 15) is 0 Å². The Hall–Kier alpha value is -1.44. The van der Waals surface area contributed by atoms with Crippen molar-refractivity contribution in [1.82, 2.24) is 10.2 Å². The summed E-state index contributed by atoms with van der Waals surface area (Å²) in [6, 6.07) is 8.40. The van der Waals surface area contributed by atoms with E-state index in [0.717, 1.165) is 17.8 Å². The molecule has 0 aliphatic carbocycles. The molecule has 2 aromatic rings. The second-order valence-electron chi connectivity index (χ2n) is 4.09. The molecule has 0 aliphatic heterocycles. The van der Waals surface area contributed by atoms with Gasteiger partial charge in [-0.2, -0.15) is 10.2 Å². The number of hydrogen-bond donors (Lipinski definition) is 0. The van der Waals surface area contributed by atoms with E-state index in [4.69, 9.17) is 0 Å². The van der Waals surface area contributed by atoms with Gasteiger partial charge in [-0.25, -0.2) is 0 Å². The fraction of sp³-hybridized carbons (Fsp3) is 0.385. The summed E-state index contributed by atoms with van der Waals surface area (Å²) >= 11 is 0. The van der Waals surface area contributed by atoms with Gasteiger partial charge in [-0.3, -0.25) is 0 Å². The van der Waals surface area contributed by atoms with Crippen LogP contribution in [0.3, 0.4) is 0 Å². The van der Waals surface area contributed by atoms with Crippen LogP contribution < -0.4 is 0 Å². The van der Waals surface area contributed by atoms with Crippen LogP contribution >= 0.6 is 0 Å². The van der Waals surface area contributed by atoms with E-state index < -0.39 is 0 Å². The fourth-order valence-corrected chi connectivity index (χ4v) is 1.87. The number of aryl methyl sites for hydroxylation is 1. The van der Waals surface area contributed by atoms with Gasteiger partial charge in [-0.15, -0.1) is 0 Å². The van der Waals surface area contributed by atoms with Crippen molar-refractivity contribution in [2.75, 3.05) is 0 Å². The van der Waals surface area contributed by atoms with Gasteiger partial charge in [0, 0.05) is 10.8 Å². The fourth-order valence-electron chi connectivity index (χ4n) is 1.87. The molecule has 78 valence electrons. The second-order valence-corrected chi connectivity index (χ2v) is 4.09. The van der Waals surface area contributed by atoms with Gasteiger partial charge in [0.1, 0.15) is 0 Å². The predicted molar refractivity (Wildman–Crippen MR) is 63.0 cm³/mol. The third kappa shape index (κ3) is 1.72. The molecule has 0 aliphatic rings. The molecule has 0 radical (unpaired) electrons. The first-order valence-electron chi connectivity index (χ1n) is 5.48. The highest BCUT2D eigenvalue weighted by atomic mass is 15.1. The number of nitrogens with zero attached hydrogens (tertiary/aromatic N) is 2. The van der Waals surface area contributed by atoms with E-state index in [1.807, 2.05) is 0 Å². The van der Waals surface area contributed by atoms with E-state index in [0.29, 0.717) is 5.92 Å². The zero-order chi connectivity index (χ0) is 10.8. The molecule has 15 heavy (non-hydrogen) atoms. The van der Waals surface area contributed by atoms with Gasteiger partial charge >= 0.3 is 0 Å². The Labute approximate surface area is 90.3 Å². The van der Waals surface area contributed by atoms with Crippen molar-refractivity contribution in [2.24, 2.45) is 0 Å². The molecular weight excluding hydrogens is 184 g/mol. The van der Waals surface area contributed by atoms with Crippen molar-refractivity contribution in [1.29, 1.82) is 0 Å². The van der Waals surface area contributed by atoms with Gasteiger partial charge < -0.3 is 0 Å². The van der Waals surface area contributed by atoms with E-state index in [2.05, 4.69) is 55.2 Å². The third-order valence-corrected chi connectivity index (χ3v) is 2.67. The molecule has 1 heterocycles. The number of fused-ring (bicyclic) bond motifs is 1. The molecule has 1 aromatic carbocycles. The van der Waals surface area contributed by atoms with Gasteiger partial charge in [0.15, 0.2) is 0 Å². The first-order valence-corrected chi connectivity index (χ1v) is 5.48. The average Bonchev–Trinajstić information content (AvgIpc) is 2.27. The molecule has 0 saturated heterocycles. The van der Waals surface area contributed by atoms with Crippen LogP contribution in [0, 0.1) is 0 Å². The molecule has 2 rings (SSSR count). The average molecular weight is 200 g/mol. The van der Waals surface area contributed by atoms with E-state index >= 15 is 0 Å². The largest absolute Gasteiger partial charge is 0.155 e. The van der Waals surface area contributed by atoms with E-state index in [1.54, 1.807) is 0 Å². The number of aromatic nitrogens is 2. The molecular formula is C13H16N2. The lowest BCUT2D eigenvalue weighted by Gasteiger charge is -2.09. The quantitative estimate of drug-likeness (QED) is 0.743. The normalized spacial score (nSPS) is 11.2. The maximum absolute atomic E-state index is 4.33. The Kier molecular flexibility index (Phi) is 2.67. The second kappa shape index (κ2) is 3.97. The highest BCUT2D eigenvalue weighted by Gasteiger charge is 2.09. The molecule has 0 bridgehead atoms. The van der Waals surface area contributed by atoms with E-state index in [-0.39, 0.29) is 0 Å². The van der Waals surface area contributed by atoms with Crippen molar-refractivity contribution in [3.05, 3.63) is 35.7 Å². The Morgan fingerprint density at radius 2 is 1.73 bits per heavy atom. The van der Waals surface area contributed by atoms with Crippen molar-refractivity contribution in [3.8, 4) is 0 Å². The van der Waals surface area contributed by atoms with Crippen LogP contribution in [0.15, 0.2) is 24.3 Å².